The van der Waals surface area contributed by atoms with Gasteiger partial charge in [-0.25, -0.2) is 0 Å². The van der Waals surface area contributed by atoms with Crippen LogP contribution in [0.4, 0.5) is 5.69 Å². The Morgan fingerprint density at radius 3 is 2.16 bits per heavy atom. The first-order valence-electron chi connectivity index (χ1n) is 19.8. The quantitative estimate of drug-likeness (QED) is 0.147. The van der Waals surface area contributed by atoms with E-state index in [9.17, 15) is 24.8 Å². The number of non-ortho nitro benzene ring substituents is 1. The second-order valence-corrected chi connectivity index (χ2v) is 19.5. The summed E-state index contributed by atoms with van der Waals surface area (Å²) < 4.78 is 0. The normalized spacial score (nSPS) is 40.0. The number of nitrogens with zero attached hydrogens (tertiary/aromatic N) is 3. The fourth-order valence-electron chi connectivity index (χ4n) is 13.0. The molecule has 51 heavy (non-hydrogen) atoms. The summed E-state index contributed by atoms with van der Waals surface area (Å²) in [6.45, 7) is 19.3. The zero-order valence-electron chi connectivity index (χ0n) is 32.2. The lowest BCUT2D eigenvalue weighted by molar-refractivity contribution is -0.384. The molecule has 1 saturated heterocycles. The van der Waals surface area contributed by atoms with E-state index in [-0.39, 0.29) is 56.1 Å². The molecule has 5 fully saturated rings. The van der Waals surface area contributed by atoms with Crippen LogP contribution < -0.4 is 0 Å². The Balaban J connectivity index is 1.11. The predicted octanol–water partition coefficient (Wildman–Crippen LogP) is 8.44. The molecule has 1 aromatic carbocycles. The molecular weight excluding hydrogens is 638 g/mol. The van der Waals surface area contributed by atoms with Gasteiger partial charge in [-0.3, -0.25) is 19.7 Å². The van der Waals surface area contributed by atoms with E-state index in [1.807, 2.05) is 4.90 Å². The summed E-state index contributed by atoms with van der Waals surface area (Å²) in [4.78, 5) is 42.5. The summed E-state index contributed by atoms with van der Waals surface area (Å²) in [5.74, 6) is 1.55. The molecular formula is C43H61N3O5. The molecule has 6 aliphatic rings. The molecule has 1 aromatic rings. The van der Waals surface area contributed by atoms with Gasteiger partial charge in [-0.1, -0.05) is 60.1 Å². The van der Waals surface area contributed by atoms with Crippen molar-refractivity contribution >= 4 is 23.6 Å². The lowest BCUT2D eigenvalue weighted by atomic mass is 9.33. The minimum atomic E-state index is -0.432. The second-order valence-electron chi connectivity index (χ2n) is 19.5. The van der Waals surface area contributed by atoms with Gasteiger partial charge in [-0.2, -0.15) is 0 Å². The van der Waals surface area contributed by atoms with E-state index >= 15 is 0 Å². The zero-order chi connectivity index (χ0) is 36.8. The number of aliphatic hydroxyl groups excluding tert-OH is 1. The van der Waals surface area contributed by atoms with E-state index in [2.05, 4.69) is 59.4 Å². The average Bonchev–Trinajstić information content (AvgIpc) is 3.09. The number of carbonyl (C=O) groups excluding carboxylic acids is 2. The van der Waals surface area contributed by atoms with Crippen LogP contribution in [0.5, 0.6) is 0 Å². The highest BCUT2D eigenvalue weighted by molar-refractivity contribution is 5.92. The summed E-state index contributed by atoms with van der Waals surface area (Å²) in [7, 11) is 0. The highest BCUT2D eigenvalue weighted by atomic mass is 16.6. The topological polar surface area (TPSA) is 104 Å². The maximum absolute atomic E-state index is 15.0. The molecule has 8 atom stereocenters. The Bertz CT molecular complexity index is 1640. The Hall–Kier alpha value is -3.00. The molecule has 8 heteroatoms. The van der Waals surface area contributed by atoms with Gasteiger partial charge in [0, 0.05) is 44.4 Å². The number of rotatable bonds is 4. The number of nitro benzene ring substituents is 1. The molecule has 0 radical (unpaired) electrons. The highest BCUT2D eigenvalue weighted by Crippen LogP contribution is 2.75. The Labute approximate surface area is 305 Å². The summed E-state index contributed by atoms with van der Waals surface area (Å²) >= 11 is 0. The van der Waals surface area contributed by atoms with Crippen LogP contribution in [0.15, 0.2) is 42.0 Å². The number of carbonyl (C=O) groups is 2. The molecule has 0 spiro atoms. The maximum Gasteiger partial charge on any atom is 0.269 e. The zero-order valence-corrected chi connectivity index (χ0v) is 32.2. The summed E-state index contributed by atoms with van der Waals surface area (Å²) in [5.41, 5.74) is 2.47. The van der Waals surface area contributed by atoms with E-state index in [1.54, 1.807) is 23.8 Å². The van der Waals surface area contributed by atoms with Crippen LogP contribution in [0.1, 0.15) is 118 Å². The Morgan fingerprint density at radius 2 is 1.49 bits per heavy atom. The van der Waals surface area contributed by atoms with Gasteiger partial charge in [0.25, 0.3) is 5.69 Å². The van der Waals surface area contributed by atoms with E-state index in [1.165, 1.54) is 31.1 Å². The third-order valence-corrected chi connectivity index (χ3v) is 16.4. The van der Waals surface area contributed by atoms with Gasteiger partial charge in [-0.15, -0.1) is 0 Å². The first-order chi connectivity index (χ1) is 23.9. The van der Waals surface area contributed by atoms with E-state index in [0.29, 0.717) is 43.9 Å². The third-order valence-electron chi connectivity index (χ3n) is 16.4. The molecule has 8 nitrogen and oxygen atoms in total. The van der Waals surface area contributed by atoms with Crippen molar-refractivity contribution in [1.29, 1.82) is 0 Å². The highest BCUT2D eigenvalue weighted by Gasteiger charge is 2.69. The fourth-order valence-corrected chi connectivity index (χ4v) is 13.0. The summed E-state index contributed by atoms with van der Waals surface area (Å²) in [5, 5.41) is 22.1. The molecule has 7 rings (SSSR count). The molecule has 2 amide bonds. The molecule has 0 aromatic heterocycles. The summed E-state index contributed by atoms with van der Waals surface area (Å²) in [6, 6.07) is 6.17. The molecule has 5 aliphatic carbocycles. The van der Waals surface area contributed by atoms with Crippen LogP contribution in [-0.4, -0.2) is 63.9 Å². The van der Waals surface area contributed by atoms with E-state index < -0.39 is 4.92 Å². The summed E-state index contributed by atoms with van der Waals surface area (Å²) in [6.07, 6.45) is 16.1. The van der Waals surface area contributed by atoms with Crippen LogP contribution in [-0.2, 0) is 9.59 Å². The van der Waals surface area contributed by atoms with Crippen molar-refractivity contribution in [2.45, 2.75) is 119 Å². The molecule has 4 saturated carbocycles. The minimum absolute atomic E-state index is 0.0230. The number of allylic oxidation sites excluding steroid dienone is 2. The standard InChI is InChI=1S/C43H61N3O5/c1-38(2)20-22-43(37(49)45-26-24-44(25-27-45)36(48)15-10-29-8-11-30(12-9-29)46(50)51)23-21-41(6)31(32(43)28-38)13-14-34-40(5)18-17-35(47)39(3,4)33(40)16-19-42(34,41)7/h8-13,15,32-35,47H,14,16-28H2,1-7H3/b15-10+/t32-,33-,34+,35-,40-,41+,42+,43-/m0/s1. The van der Waals surface area contributed by atoms with Crippen molar-refractivity contribution in [3.05, 3.63) is 57.7 Å². The number of nitro groups is 1. The number of benzene rings is 1. The van der Waals surface area contributed by atoms with Gasteiger partial charge >= 0.3 is 0 Å². The predicted molar refractivity (Wildman–Crippen MR) is 200 cm³/mol. The number of amides is 2. The lowest BCUT2D eigenvalue weighted by Gasteiger charge is -2.71. The molecule has 278 valence electrons. The number of hydrogen-bond donors (Lipinski definition) is 1. The van der Waals surface area contributed by atoms with Crippen LogP contribution in [0.3, 0.4) is 0 Å². The molecule has 0 bridgehead atoms. The van der Waals surface area contributed by atoms with Gasteiger partial charge in [0.15, 0.2) is 0 Å². The average molecular weight is 700 g/mol. The van der Waals surface area contributed by atoms with Crippen LogP contribution >= 0.6 is 0 Å². The second kappa shape index (κ2) is 12.3. The fraction of sp³-hybridized carbons (Fsp3) is 0.721. The largest absolute Gasteiger partial charge is 0.393 e. The van der Waals surface area contributed by atoms with Crippen molar-refractivity contribution < 1.29 is 19.6 Å². The van der Waals surface area contributed by atoms with E-state index in [4.69, 9.17) is 0 Å². The number of hydrogen-bond acceptors (Lipinski definition) is 5. The lowest BCUT2D eigenvalue weighted by Crippen LogP contribution is -2.66. The van der Waals surface area contributed by atoms with Crippen molar-refractivity contribution in [2.75, 3.05) is 26.2 Å². The van der Waals surface area contributed by atoms with Crippen LogP contribution in [0, 0.1) is 60.4 Å². The van der Waals surface area contributed by atoms with Crippen molar-refractivity contribution in [3.63, 3.8) is 0 Å². The maximum atomic E-state index is 15.0. The van der Waals surface area contributed by atoms with Crippen LogP contribution in [0.2, 0.25) is 0 Å². The number of aliphatic hydroxyl groups is 1. The smallest absolute Gasteiger partial charge is 0.269 e. The van der Waals surface area contributed by atoms with E-state index in [0.717, 1.165) is 56.9 Å². The molecule has 1 N–H and O–H groups in total. The number of fused-ring (bicyclic) bond motifs is 7. The Kier molecular flexibility index (Phi) is 8.75. The van der Waals surface area contributed by atoms with Gasteiger partial charge in [0.2, 0.25) is 11.8 Å². The van der Waals surface area contributed by atoms with Crippen molar-refractivity contribution in [2.24, 2.45) is 50.2 Å². The van der Waals surface area contributed by atoms with Gasteiger partial charge < -0.3 is 14.9 Å². The Morgan fingerprint density at radius 1 is 0.843 bits per heavy atom. The van der Waals surface area contributed by atoms with Crippen LogP contribution in [0.25, 0.3) is 6.08 Å². The molecule has 0 unspecified atom stereocenters. The first kappa shape index (κ1) is 36.4. The molecule has 1 heterocycles. The van der Waals surface area contributed by atoms with Gasteiger partial charge in [0.1, 0.15) is 0 Å². The third kappa shape index (κ3) is 5.55. The molecule has 1 aliphatic heterocycles. The number of piperazine rings is 1. The first-order valence-corrected chi connectivity index (χ1v) is 19.8. The monoisotopic (exact) mass is 699 g/mol. The van der Waals surface area contributed by atoms with Gasteiger partial charge in [-0.05, 0) is 133 Å². The minimum Gasteiger partial charge on any atom is -0.393 e. The van der Waals surface area contributed by atoms with Crippen molar-refractivity contribution in [3.8, 4) is 0 Å². The SMILES string of the molecule is CC1(C)CC[C@]2(C(=O)N3CCN(C(=O)/C=C/c4ccc([N+](=O)[O-])cc4)CC3)CC[C@]3(C)C(=CC[C@@H]4[C@@]5(C)CC[C@H](O)C(C)(C)[C@@H]5CC[C@]43C)[C@@H]2C1. The van der Waals surface area contributed by atoms with Gasteiger partial charge in [0.05, 0.1) is 16.4 Å². The van der Waals surface area contributed by atoms with Crippen molar-refractivity contribution in [1.82, 2.24) is 9.80 Å².